The number of hydrogen-bond acceptors (Lipinski definition) is 5. The van der Waals surface area contributed by atoms with Crippen molar-refractivity contribution in [3.05, 3.63) is 52.8 Å². The lowest BCUT2D eigenvalue weighted by atomic mass is 9.74. The zero-order valence-corrected chi connectivity index (χ0v) is 19.3. The first-order valence-corrected chi connectivity index (χ1v) is 11.3. The number of morpholine rings is 1. The van der Waals surface area contributed by atoms with E-state index in [2.05, 4.69) is 37.9 Å². The Hall–Kier alpha value is -2.47. The molecular weight excluding hydrogens is 388 g/mol. The van der Waals surface area contributed by atoms with E-state index in [4.69, 9.17) is 14.7 Å². The molecule has 0 saturated carbocycles. The minimum absolute atomic E-state index is 0.0443. The number of fused-ring (bicyclic) bond motifs is 1. The summed E-state index contributed by atoms with van der Waals surface area (Å²) in [5.74, 6) is 0.811. The van der Waals surface area contributed by atoms with Crippen LogP contribution in [0.25, 0.3) is 0 Å². The van der Waals surface area contributed by atoms with Gasteiger partial charge in [-0.3, -0.25) is 4.79 Å². The first kappa shape index (κ1) is 21.8. The van der Waals surface area contributed by atoms with E-state index in [1.165, 1.54) is 0 Å². The number of hydrogen-bond donors (Lipinski definition) is 1. The van der Waals surface area contributed by atoms with Gasteiger partial charge in [0.2, 0.25) is 11.9 Å². The van der Waals surface area contributed by atoms with Crippen molar-refractivity contribution in [2.24, 2.45) is 5.41 Å². The number of ether oxygens (including phenoxy) is 1. The fourth-order valence-electron chi connectivity index (χ4n) is 4.89. The van der Waals surface area contributed by atoms with Crippen LogP contribution in [0.1, 0.15) is 62.5 Å². The van der Waals surface area contributed by atoms with Gasteiger partial charge in [-0.25, -0.2) is 9.97 Å². The summed E-state index contributed by atoms with van der Waals surface area (Å²) in [5.41, 5.74) is 4.37. The highest BCUT2D eigenvalue weighted by Gasteiger charge is 2.35. The summed E-state index contributed by atoms with van der Waals surface area (Å²) in [6.07, 6.45) is 4.41. The SMILES string of the molecule is Cc1ccccc1CC(=O)N[C@@H]1CC(C)(C)Cc2nc(N3C[C@@H](C)O[C@H](C)C3)ncc21. The van der Waals surface area contributed by atoms with Crippen LogP contribution in [0.5, 0.6) is 0 Å². The Kier molecular flexibility index (Phi) is 6.02. The highest BCUT2D eigenvalue weighted by atomic mass is 16.5. The fraction of sp³-hybridized carbons (Fsp3) is 0.560. The summed E-state index contributed by atoms with van der Waals surface area (Å²) >= 11 is 0. The third-order valence-corrected chi connectivity index (χ3v) is 6.32. The molecule has 1 aromatic heterocycles. The van der Waals surface area contributed by atoms with Gasteiger partial charge in [0.25, 0.3) is 0 Å². The minimum Gasteiger partial charge on any atom is -0.372 e. The number of benzene rings is 1. The number of aryl methyl sites for hydroxylation is 1. The molecule has 31 heavy (non-hydrogen) atoms. The maximum absolute atomic E-state index is 12.9. The Labute approximate surface area is 185 Å². The summed E-state index contributed by atoms with van der Waals surface area (Å²) in [4.78, 5) is 24.7. The molecule has 4 rings (SSSR count). The lowest BCUT2D eigenvalue weighted by Crippen LogP contribution is -2.46. The molecule has 0 bridgehead atoms. The van der Waals surface area contributed by atoms with Crippen molar-refractivity contribution < 1.29 is 9.53 Å². The molecule has 1 aliphatic carbocycles. The molecule has 1 aliphatic heterocycles. The van der Waals surface area contributed by atoms with Gasteiger partial charge in [-0.2, -0.15) is 0 Å². The number of carbonyl (C=O) groups is 1. The number of carbonyl (C=O) groups excluding carboxylic acids is 1. The Morgan fingerprint density at radius 2 is 1.94 bits per heavy atom. The smallest absolute Gasteiger partial charge is 0.225 e. The van der Waals surface area contributed by atoms with Crippen molar-refractivity contribution in [2.75, 3.05) is 18.0 Å². The van der Waals surface area contributed by atoms with Crippen LogP contribution >= 0.6 is 0 Å². The number of nitrogens with zero attached hydrogens (tertiary/aromatic N) is 3. The molecule has 2 heterocycles. The van der Waals surface area contributed by atoms with Gasteiger partial charge >= 0.3 is 0 Å². The van der Waals surface area contributed by atoms with E-state index in [1.54, 1.807) is 0 Å². The van der Waals surface area contributed by atoms with Crippen molar-refractivity contribution in [1.29, 1.82) is 0 Å². The lowest BCUT2D eigenvalue weighted by molar-refractivity contribution is -0.121. The summed E-state index contributed by atoms with van der Waals surface area (Å²) in [6, 6.07) is 7.99. The average Bonchev–Trinajstić information content (AvgIpc) is 2.67. The van der Waals surface area contributed by atoms with E-state index in [0.717, 1.165) is 54.3 Å². The number of rotatable bonds is 4. The van der Waals surface area contributed by atoms with Gasteiger partial charge in [0, 0.05) is 24.8 Å². The van der Waals surface area contributed by atoms with Crippen LogP contribution in [-0.2, 0) is 22.4 Å². The Morgan fingerprint density at radius 3 is 2.65 bits per heavy atom. The molecule has 0 spiro atoms. The molecule has 1 N–H and O–H groups in total. The fourth-order valence-corrected chi connectivity index (χ4v) is 4.89. The van der Waals surface area contributed by atoms with E-state index < -0.39 is 0 Å². The molecule has 166 valence electrons. The van der Waals surface area contributed by atoms with Crippen LogP contribution in [0, 0.1) is 12.3 Å². The third-order valence-electron chi connectivity index (χ3n) is 6.32. The van der Waals surface area contributed by atoms with Gasteiger partial charge in [-0.15, -0.1) is 0 Å². The zero-order valence-electron chi connectivity index (χ0n) is 19.3. The second-order valence-corrected chi connectivity index (χ2v) is 10.0. The monoisotopic (exact) mass is 422 g/mol. The molecular formula is C25H34N4O2. The molecule has 2 aromatic rings. The molecule has 1 fully saturated rings. The summed E-state index contributed by atoms with van der Waals surface area (Å²) in [6.45, 7) is 12.3. The van der Waals surface area contributed by atoms with Gasteiger partial charge in [0.05, 0.1) is 30.4 Å². The topological polar surface area (TPSA) is 67.4 Å². The normalized spacial score (nSPS) is 25.1. The van der Waals surface area contributed by atoms with Gasteiger partial charge in [0.1, 0.15) is 0 Å². The number of aromatic nitrogens is 2. The Morgan fingerprint density at radius 1 is 1.23 bits per heavy atom. The second-order valence-electron chi connectivity index (χ2n) is 10.0. The lowest BCUT2D eigenvalue weighted by Gasteiger charge is -2.38. The molecule has 6 heteroatoms. The van der Waals surface area contributed by atoms with Crippen molar-refractivity contribution in [3.8, 4) is 0 Å². The molecule has 3 atom stereocenters. The third kappa shape index (κ3) is 5.06. The number of anilines is 1. The molecule has 6 nitrogen and oxygen atoms in total. The van der Waals surface area contributed by atoms with Gasteiger partial charge in [-0.05, 0) is 50.2 Å². The number of amides is 1. The Balaban J connectivity index is 1.54. The van der Waals surface area contributed by atoms with Crippen LogP contribution in [0.3, 0.4) is 0 Å². The average molecular weight is 423 g/mol. The summed E-state index contributed by atoms with van der Waals surface area (Å²) in [7, 11) is 0. The van der Waals surface area contributed by atoms with Gasteiger partial charge < -0.3 is 15.0 Å². The molecule has 0 radical (unpaired) electrons. The molecule has 1 aromatic carbocycles. The first-order valence-electron chi connectivity index (χ1n) is 11.3. The van der Waals surface area contributed by atoms with E-state index in [1.807, 2.05) is 37.4 Å². The first-order chi connectivity index (χ1) is 14.7. The summed E-state index contributed by atoms with van der Waals surface area (Å²) < 4.78 is 5.86. The predicted molar refractivity (Wildman–Crippen MR) is 122 cm³/mol. The molecule has 1 saturated heterocycles. The Bertz CT molecular complexity index is 948. The standard InChI is InChI=1S/C25H34N4O2/c1-16-8-6-7-9-19(16)10-23(30)27-21-11-25(4,5)12-22-20(21)13-26-24(28-22)29-14-17(2)31-18(3)15-29/h6-9,13,17-18,21H,10-12,14-15H2,1-5H3,(H,27,30)/t17-,18-,21-/m1/s1. The van der Waals surface area contributed by atoms with Crippen molar-refractivity contribution in [2.45, 2.75) is 72.1 Å². The van der Waals surface area contributed by atoms with Crippen LogP contribution < -0.4 is 10.2 Å². The summed E-state index contributed by atoms with van der Waals surface area (Å²) in [5, 5.41) is 3.27. The van der Waals surface area contributed by atoms with Crippen molar-refractivity contribution >= 4 is 11.9 Å². The predicted octanol–water partition coefficient (Wildman–Crippen LogP) is 3.77. The van der Waals surface area contributed by atoms with Crippen LogP contribution in [0.4, 0.5) is 5.95 Å². The van der Waals surface area contributed by atoms with E-state index >= 15 is 0 Å². The zero-order chi connectivity index (χ0) is 22.2. The largest absolute Gasteiger partial charge is 0.372 e. The van der Waals surface area contributed by atoms with Gasteiger partial charge in [0.15, 0.2) is 0 Å². The second kappa shape index (κ2) is 8.58. The van der Waals surface area contributed by atoms with E-state index in [9.17, 15) is 4.79 Å². The van der Waals surface area contributed by atoms with E-state index in [-0.39, 0.29) is 29.6 Å². The van der Waals surface area contributed by atoms with E-state index in [0.29, 0.717) is 6.42 Å². The van der Waals surface area contributed by atoms with Crippen LogP contribution in [-0.4, -0.2) is 41.2 Å². The van der Waals surface area contributed by atoms with Crippen molar-refractivity contribution in [1.82, 2.24) is 15.3 Å². The van der Waals surface area contributed by atoms with Crippen LogP contribution in [0.15, 0.2) is 30.5 Å². The van der Waals surface area contributed by atoms with Gasteiger partial charge in [-0.1, -0.05) is 38.1 Å². The minimum atomic E-state index is -0.0631. The maximum atomic E-state index is 12.9. The quantitative estimate of drug-likeness (QED) is 0.812. The van der Waals surface area contributed by atoms with Crippen molar-refractivity contribution in [3.63, 3.8) is 0 Å². The molecule has 0 unspecified atom stereocenters. The number of nitrogens with one attached hydrogen (secondary N) is 1. The highest BCUT2D eigenvalue weighted by Crippen LogP contribution is 2.40. The highest BCUT2D eigenvalue weighted by molar-refractivity contribution is 5.79. The molecule has 2 aliphatic rings. The molecule has 1 amide bonds. The maximum Gasteiger partial charge on any atom is 0.225 e. The van der Waals surface area contributed by atoms with Crippen LogP contribution in [0.2, 0.25) is 0 Å².